The number of rotatable bonds is 4. The molecule has 4 rings (SSSR count). The monoisotopic (exact) mass is 461 g/mol. The van der Waals surface area contributed by atoms with E-state index in [-0.39, 0.29) is 11.7 Å². The summed E-state index contributed by atoms with van der Waals surface area (Å²) < 4.78 is 40.8. The van der Waals surface area contributed by atoms with Crippen LogP contribution in [0.2, 0.25) is 0 Å². The number of pyridine rings is 1. The van der Waals surface area contributed by atoms with Crippen LogP contribution >= 0.6 is 0 Å². The number of amides is 1. The van der Waals surface area contributed by atoms with Crippen LogP contribution in [0.25, 0.3) is 10.9 Å². The highest BCUT2D eigenvalue weighted by Crippen LogP contribution is 2.36. The van der Waals surface area contributed by atoms with Gasteiger partial charge in [-0.2, -0.15) is 18.3 Å². The second kappa shape index (κ2) is 8.33. The van der Waals surface area contributed by atoms with Gasteiger partial charge in [-0.05, 0) is 56.9 Å². The van der Waals surface area contributed by atoms with E-state index in [2.05, 4.69) is 10.3 Å². The minimum Gasteiger partial charge on any atom is -0.390 e. The molecule has 1 amide bonds. The minimum atomic E-state index is -4.63. The number of halogens is 3. The maximum absolute atomic E-state index is 13.0. The number of fused-ring (bicyclic) bond motifs is 1. The molecule has 7 nitrogen and oxygen atoms in total. The summed E-state index contributed by atoms with van der Waals surface area (Å²) in [7, 11) is 3.61. The maximum atomic E-state index is 13.0. The number of nitrogens with zero attached hydrogens (tertiary/aromatic N) is 4. The van der Waals surface area contributed by atoms with Gasteiger partial charge in [0.15, 0.2) is 0 Å². The van der Waals surface area contributed by atoms with Gasteiger partial charge < -0.3 is 15.3 Å². The topological polar surface area (TPSA) is 83.3 Å². The first-order valence-corrected chi connectivity index (χ1v) is 10.7. The predicted octanol–water partition coefficient (Wildman–Crippen LogP) is 4.63. The van der Waals surface area contributed by atoms with Crippen molar-refractivity contribution < 1.29 is 23.1 Å². The van der Waals surface area contributed by atoms with Gasteiger partial charge >= 0.3 is 6.18 Å². The van der Waals surface area contributed by atoms with Crippen molar-refractivity contribution in [3.8, 4) is 0 Å². The second-order valence-electron chi connectivity index (χ2n) is 9.02. The molecule has 10 heteroatoms. The van der Waals surface area contributed by atoms with Gasteiger partial charge in [-0.3, -0.25) is 9.48 Å². The summed E-state index contributed by atoms with van der Waals surface area (Å²) in [6, 6.07) is 7.00. The Morgan fingerprint density at radius 3 is 2.58 bits per heavy atom. The van der Waals surface area contributed by atoms with Crippen molar-refractivity contribution >= 4 is 28.2 Å². The molecule has 0 saturated heterocycles. The molecule has 2 aromatic heterocycles. The van der Waals surface area contributed by atoms with Crippen molar-refractivity contribution in [3.63, 3.8) is 0 Å². The second-order valence-corrected chi connectivity index (χ2v) is 9.02. The number of aliphatic hydroxyl groups is 1. The Morgan fingerprint density at radius 1 is 1.24 bits per heavy atom. The Balaban J connectivity index is 1.63. The predicted molar refractivity (Wildman–Crippen MR) is 119 cm³/mol. The van der Waals surface area contributed by atoms with Crippen LogP contribution in [0.15, 0.2) is 36.5 Å². The average Bonchev–Trinajstić information content (AvgIpc) is 3.15. The van der Waals surface area contributed by atoms with E-state index in [0.717, 1.165) is 35.9 Å². The standard InChI is InChI=1S/C23H26F3N5O2/c1-22(33)9-7-15(8-10-22)31-13-14-11-18(19(30(2)3)12-17(14)29-31)28-21(32)16-5-4-6-20(27-16)23(24,25)26/h4-6,11-13,15,33H,7-10H2,1-3H3,(H,28,32). The summed E-state index contributed by atoms with van der Waals surface area (Å²) in [4.78, 5) is 18.0. The fourth-order valence-corrected chi connectivity index (χ4v) is 4.13. The van der Waals surface area contributed by atoms with Gasteiger partial charge in [0.05, 0.1) is 28.5 Å². The molecular formula is C23H26F3N5O2. The van der Waals surface area contributed by atoms with E-state index in [1.807, 2.05) is 23.9 Å². The van der Waals surface area contributed by atoms with Gasteiger partial charge in [0.1, 0.15) is 11.4 Å². The number of nitrogens with one attached hydrogen (secondary N) is 1. The first kappa shape index (κ1) is 23.0. The zero-order chi connectivity index (χ0) is 24.0. The van der Waals surface area contributed by atoms with Crippen molar-refractivity contribution in [2.24, 2.45) is 0 Å². The Bertz CT molecular complexity index is 1180. The smallest absolute Gasteiger partial charge is 0.390 e. The lowest BCUT2D eigenvalue weighted by atomic mass is 9.84. The van der Waals surface area contributed by atoms with E-state index >= 15 is 0 Å². The van der Waals surface area contributed by atoms with E-state index in [1.165, 1.54) is 6.07 Å². The van der Waals surface area contributed by atoms with Crippen LogP contribution in [-0.2, 0) is 6.18 Å². The summed E-state index contributed by atoms with van der Waals surface area (Å²) >= 11 is 0. The fraction of sp³-hybridized carbons (Fsp3) is 0.435. The molecule has 1 aliphatic rings. The molecule has 176 valence electrons. The first-order chi connectivity index (χ1) is 15.4. The third-order valence-corrected chi connectivity index (χ3v) is 6.05. The first-order valence-electron chi connectivity index (χ1n) is 10.7. The van der Waals surface area contributed by atoms with Gasteiger partial charge in [-0.15, -0.1) is 0 Å². The highest BCUT2D eigenvalue weighted by Gasteiger charge is 2.33. The molecule has 1 saturated carbocycles. The third kappa shape index (κ3) is 4.95. The molecule has 0 unspecified atom stereocenters. The summed E-state index contributed by atoms with van der Waals surface area (Å²) in [6.07, 6.45) is 0.283. The normalized spacial score (nSPS) is 21.2. The molecule has 1 aliphatic carbocycles. The Labute approximate surface area is 189 Å². The number of anilines is 2. The van der Waals surface area contributed by atoms with Gasteiger partial charge in [0, 0.05) is 25.7 Å². The zero-order valence-corrected chi connectivity index (χ0v) is 18.6. The number of carbonyl (C=O) groups is 1. The van der Waals surface area contributed by atoms with Crippen LogP contribution in [-0.4, -0.2) is 45.5 Å². The highest BCUT2D eigenvalue weighted by atomic mass is 19.4. The summed E-state index contributed by atoms with van der Waals surface area (Å²) in [5.41, 5.74) is -0.227. The minimum absolute atomic E-state index is 0.174. The van der Waals surface area contributed by atoms with E-state index in [1.54, 1.807) is 25.1 Å². The van der Waals surface area contributed by atoms with E-state index in [0.29, 0.717) is 24.2 Å². The summed E-state index contributed by atoms with van der Waals surface area (Å²) in [5.74, 6) is -0.731. The Morgan fingerprint density at radius 2 is 1.94 bits per heavy atom. The lowest BCUT2D eigenvalue weighted by molar-refractivity contribution is -0.141. The number of benzene rings is 1. The van der Waals surface area contributed by atoms with Gasteiger partial charge in [0.25, 0.3) is 5.91 Å². The molecular weight excluding hydrogens is 435 g/mol. The fourth-order valence-electron chi connectivity index (χ4n) is 4.13. The van der Waals surface area contributed by atoms with Gasteiger partial charge in [-0.1, -0.05) is 6.07 Å². The van der Waals surface area contributed by atoms with Crippen LogP contribution in [0.3, 0.4) is 0 Å². The lowest BCUT2D eigenvalue weighted by Gasteiger charge is -2.33. The van der Waals surface area contributed by atoms with Crippen molar-refractivity contribution in [2.45, 2.75) is 50.4 Å². The molecule has 33 heavy (non-hydrogen) atoms. The summed E-state index contributed by atoms with van der Waals surface area (Å²) in [5, 5.41) is 18.4. The average molecular weight is 461 g/mol. The van der Waals surface area contributed by atoms with Gasteiger partial charge in [0.2, 0.25) is 0 Å². The van der Waals surface area contributed by atoms with Crippen LogP contribution in [0, 0.1) is 0 Å². The van der Waals surface area contributed by atoms with Crippen LogP contribution in [0.5, 0.6) is 0 Å². The molecule has 0 spiro atoms. The molecule has 0 atom stereocenters. The van der Waals surface area contributed by atoms with Crippen LogP contribution < -0.4 is 10.2 Å². The molecule has 1 fully saturated rings. The highest BCUT2D eigenvalue weighted by molar-refractivity contribution is 6.06. The molecule has 3 aromatic rings. The molecule has 1 aromatic carbocycles. The Hall–Kier alpha value is -3.14. The number of hydrogen-bond acceptors (Lipinski definition) is 5. The van der Waals surface area contributed by atoms with Crippen molar-refractivity contribution in [1.82, 2.24) is 14.8 Å². The number of alkyl halides is 3. The quantitative estimate of drug-likeness (QED) is 0.592. The number of hydrogen-bond donors (Lipinski definition) is 2. The van der Waals surface area contributed by atoms with Crippen LogP contribution in [0.4, 0.5) is 24.5 Å². The van der Waals surface area contributed by atoms with Crippen molar-refractivity contribution in [1.29, 1.82) is 0 Å². The number of aromatic nitrogens is 3. The van der Waals surface area contributed by atoms with Gasteiger partial charge in [-0.25, -0.2) is 4.98 Å². The molecule has 0 radical (unpaired) electrons. The molecule has 0 bridgehead atoms. The SMILES string of the molecule is CN(C)c1cc2nn(C3CCC(C)(O)CC3)cc2cc1NC(=O)c1cccc(C(F)(F)F)n1. The zero-order valence-electron chi connectivity index (χ0n) is 18.6. The van der Waals surface area contributed by atoms with Crippen molar-refractivity contribution in [2.75, 3.05) is 24.3 Å². The largest absolute Gasteiger partial charge is 0.433 e. The number of carbonyl (C=O) groups excluding carboxylic acids is 1. The lowest BCUT2D eigenvalue weighted by Crippen LogP contribution is -2.31. The third-order valence-electron chi connectivity index (χ3n) is 6.05. The van der Waals surface area contributed by atoms with Crippen molar-refractivity contribution in [3.05, 3.63) is 47.9 Å². The summed E-state index contributed by atoms with van der Waals surface area (Å²) in [6.45, 7) is 1.85. The van der Waals surface area contributed by atoms with E-state index in [9.17, 15) is 23.1 Å². The van der Waals surface area contributed by atoms with Crippen LogP contribution in [0.1, 0.15) is 54.8 Å². The molecule has 0 aliphatic heterocycles. The van der Waals surface area contributed by atoms with E-state index in [4.69, 9.17) is 5.10 Å². The molecule has 2 heterocycles. The van der Waals surface area contributed by atoms with E-state index < -0.39 is 23.4 Å². The Kier molecular flexibility index (Phi) is 5.81. The maximum Gasteiger partial charge on any atom is 0.433 e. The molecule has 2 N–H and O–H groups in total.